The molecular formula is C20H18FNO2S. The molecule has 0 aliphatic carbocycles. The maximum absolute atomic E-state index is 12.8. The largest absolute Gasteiger partial charge is 0.351 e. The number of amides is 1. The number of rotatable bonds is 8. The summed E-state index contributed by atoms with van der Waals surface area (Å²) in [4.78, 5) is 24.2. The van der Waals surface area contributed by atoms with Crippen molar-refractivity contribution in [2.24, 2.45) is 0 Å². The second kappa shape index (κ2) is 9.59. The van der Waals surface area contributed by atoms with Crippen molar-refractivity contribution in [1.82, 2.24) is 5.32 Å². The van der Waals surface area contributed by atoms with Crippen molar-refractivity contribution in [3.63, 3.8) is 0 Å². The molecule has 5 heteroatoms. The Morgan fingerprint density at radius 2 is 1.72 bits per heavy atom. The van der Waals surface area contributed by atoms with Crippen molar-refractivity contribution in [1.29, 1.82) is 0 Å². The first-order valence-corrected chi connectivity index (χ1v) is 8.22. The quantitative estimate of drug-likeness (QED) is 0.582. The van der Waals surface area contributed by atoms with Crippen LogP contribution in [-0.2, 0) is 16.0 Å². The Hall–Kier alpha value is -2.66. The Balaban J connectivity index is 1.73. The SMILES string of the molecule is O=C(/C=C/c1ccc(F)cc1)CC(=S)CNC(=O)Cc1ccccc1. The van der Waals surface area contributed by atoms with Crippen molar-refractivity contribution in [2.75, 3.05) is 6.54 Å². The summed E-state index contributed by atoms with van der Waals surface area (Å²) in [6, 6.07) is 15.2. The van der Waals surface area contributed by atoms with Crippen molar-refractivity contribution in [2.45, 2.75) is 12.8 Å². The fourth-order valence-corrected chi connectivity index (χ4v) is 2.33. The second-order valence-electron chi connectivity index (χ2n) is 5.51. The summed E-state index contributed by atoms with van der Waals surface area (Å²) in [7, 11) is 0. The highest BCUT2D eigenvalue weighted by Crippen LogP contribution is 2.05. The van der Waals surface area contributed by atoms with E-state index in [9.17, 15) is 14.0 Å². The van der Waals surface area contributed by atoms with E-state index in [1.807, 2.05) is 30.3 Å². The third-order valence-electron chi connectivity index (χ3n) is 3.39. The van der Waals surface area contributed by atoms with E-state index in [4.69, 9.17) is 12.2 Å². The molecule has 0 aliphatic rings. The minimum absolute atomic E-state index is 0.0820. The molecule has 0 spiro atoms. The highest BCUT2D eigenvalue weighted by atomic mass is 32.1. The van der Waals surface area contributed by atoms with E-state index in [2.05, 4.69) is 5.32 Å². The van der Waals surface area contributed by atoms with E-state index in [0.29, 0.717) is 4.86 Å². The van der Waals surface area contributed by atoms with Gasteiger partial charge in [0.1, 0.15) is 5.82 Å². The maximum atomic E-state index is 12.8. The number of hydrogen-bond acceptors (Lipinski definition) is 3. The fraction of sp³-hybridized carbons (Fsp3) is 0.150. The smallest absolute Gasteiger partial charge is 0.224 e. The van der Waals surface area contributed by atoms with Crippen LogP contribution in [0.4, 0.5) is 4.39 Å². The zero-order valence-corrected chi connectivity index (χ0v) is 14.4. The molecule has 2 aromatic carbocycles. The Bertz CT molecular complexity index is 770. The molecule has 0 saturated heterocycles. The molecule has 0 unspecified atom stereocenters. The van der Waals surface area contributed by atoms with Gasteiger partial charge >= 0.3 is 0 Å². The molecule has 25 heavy (non-hydrogen) atoms. The van der Waals surface area contributed by atoms with Gasteiger partial charge in [0, 0.05) is 17.8 Å². The van der Waals surface area contributed by atoms with E-state index < -0.39 is 0 Å². The molecule has 0 radical (unpaired) electrons. The van der Waals surface area contributed by atoms with Gasteiger partial charge in [0.2, 0.25) is 5.91 Å². The summed E-state index contributed by atoms with van der Waals surface area (Å²) >= 11 is 5.14. The Morgan fingerprint density at radius 1 is 1.04 bits per heavy atom. The standard InChI is InChI=1S/C20H18FNO2S/c21-17-9-6-15(7-10-17)8-11-18(23)13-19(25)14-22-20(24)12-16-4-2-1-3-5-16/h1-11H,12-14H2,(H,22,24)/b11-8+. The van der Waals surface area contributed by atoms with Gasteiger partial charge in [-0.1, -0.05) is 60.8 Å². The summed E-state index contributed by atoms with van der Waals surface area (Å²) < 4.78 is 12.8. The van der Waals surface area contributed by atoms with Gasteiger partial charge in [0.25, 0.3) is 0 Å². The van der Waals surface area contributed by atoms with Crippen molar-refractivity contribution in [3.8, 4) is 0 Å². The molecule has 2 aromatic rings. The fourth-order valence-electron chi connectivity index (χ4n) is 2.12. The summed E-state index contributed by atoms with van der Waals surface area (Å²) in [5, 5.41) is 2.72. The molecule has 0 saturated carbocycles. The zero-order valence-electron chi connectivity index (χ0n) is 13.6. The van der Waals surface area contributed by atoms with Gasteiger partial charge in [0.15, 0.2) is 5.78 Å². The third kappa shape index (κ3) is 7.18. The van der Waals surface area contributed by atoms with Crippen LogP contribution in [0.1, 0.15) is 17.5 Å². The van der Waals surface area contributed by atoms with E-state index >= 15 is 0 Å². The number of carbonyl (C=O) groups excluding carboxylic acids is 2. The molecular weight excluding hydrogens is 337 g/mol. The first-order chi connectivity index (χ1) is 12.0. The predicted octanol–water partition coefficient (Wildman–Crippen LogP) is 3.53. The van der Waals surface area contributed by atoms with Crippen molar-refractivity contribution >= 4 is 34.8 Å². The summed E-state index contributed by atoms with van der Waals surface area (Å²) in [6.07, 6.45) is 3.38. The van der Waals surface area contributed by atoms with Crippen molar-refractivity contribution < 1.29 is 14.0 Å². The summed E-state index contributed by atoms with van der Waals surface area (Å²) in [5.74, 6) is -0.620. The number of nitrogens with one attached hydrogen (secondary N) is 1. The molecule has 0 heterocycles. The number of hydrogen-bond donors (Lipinski definition) is 1. The van der Waals surface area contributed by atoms with Gasteiger partial charge in [-0.25, -0.2) is 4.39 Å². The lowest BCUT2D eigenvalue weighted by Crippen LogP contribution is -2.30. The molecule has 0 aliphatic heterocycles. The van der Waals surface area contributed by atoms with Gasteiger partial charge in [-0.05, 0) is 29.3 Å². The lowest BCUT2D eigenvalue weighted by atomic mass is 10.1. The van der Waals surface area contributed by atoms with Gasteiger partial charge in [-0.15, -0.1) is 0 Å². The van der Waals surface area contributed by atoms with Gasteiger partial charge in [0.05, 0.1) is 6.42 Å². The molecule has 0 bridgehead atoms. The lowest BCUT2D eigenvalue weighted by molar-refractivity contribution is -0.120. The van der Waals surface area contributed by atoms with E-state index in [-0.39, 0.29) is 36.9 Å². The van der Waals surface area contributed by atoms with Crippen LogP contribution in [0.2, 0.25) is 0 Å². The molecule has 3 nitrogen and oxygen atoms in total. The number of allylic oxidation sites excluding steroid dienone is 1. The van der Waals surface area contributed by atoms with Crippen LogP contribution in [0.15, 0.2) is 60.7 Å². The van der Waals surface area contributed by atoms with E-state index in [1.54, 1.807) is 18.2 Å². The lowest BCUT2D eigenvalue weighted by Gasteiger charge is -2.05. The minimum Gasteiger partial charge on any atom is -0.351 e. The van der Waals surface area contributed by atoms with Crippen LogP contribution in [0.5, 0.6) is 0 Å². The predicted molar refractivity (Wildman–Crippen MR) is 101 cm³/mol. The molecule has 0 aromatic heterocycles. The topological polar surface area (TPSA) is 46.2 Å². The highest BCUT2D eigenvalue weighted by molar-refractivity contribution is 7.80. The van der Waals surface area contributed by atoms with Crippen LogP contribution >= 0.6 is 12.2 Å². The average molecular weight is 355 g/mol. The van der Waals surface area contributed by atoms with Gasteiger partial charge < -0.3 is 5.32 Å². The van der Waals surface area contributed by atoms with Gasteiger partial charge in [-0.3, -0.25) is 9.59 Å². The normalized spacial score (nSPS) is 10.6. The number of ketones is 1. The van der Waals surface area contributed by atoms with Crippen LogP contribution in [0.3, 0.4) is 0 Å². The minimum atomic E-state index is -0.323. The second-order valence-corrected chi connectivity index (χ2v) is 6.08. The number of carbonyl (C=O) groups is 2. The van der Waals surface area contributed by atoms with Crippen LogP contribution in [0.25, 0.3) is 6.08 Å². The van der Waals surface area contributed by atoms with Crippen LogP contribution in [0, 0.1) is 5.82 Å². The number of halogens is 1. The Kier molecular flexibility index (Phi) is 7.16. The summed E-state index contributed by atoms with van der Waals surface area (Å²) in [5.41, 5.74) is 1.65. The molecule has 1 N–H and O–H groups in total. The Morgan fingerprint density at radius 3 is 2.40 bits per heavy atom. The van der Waals surface area contributed by atoms with Crippen molar-refractivity contribution in [3.05, 3.63) is 77.6 Å². The summed E-state index contributed by atoms with van der Waals surface area (Å²) in [6.45, 7) is 0.192. The van der Waals surface area contributed by atoms with Crippen LogP contribution < -0.4 is 5.32 Å². The van der Waals surface area contributed by atoms with E-state index in [0.717, 1.165) is 11.1 Å². The molecule has 1 amide bonds. The average Bonchev–Trinajstić information content (AvgIpc) is 2.60. The third-order valence-corrected chi connectivity index (χ3v) is 3.68. The highest BCUT2D eigenvalue weighted by Gasteiger charge is 2.07. The molecule has 0 atom stereocenters. The van der Waals surface area contributed by atoms with E-state index in [1.165, 1.54) is 18.2 Å². The maximum Gasteiger partial charge on any atom is 0.224 e. The monoisotopic (exact) mass is 355 g/mol. The molecule has 128 valence electrons. The first-order valence-electron chi connectivity index (χ1n) is 7.82. The number of thiocarbonyl (C=S) groups is 1. The van der Waals surface area contributed by atoms with Crippen LogP contribution in [-0.4, -0.2) is 23.1 Å². The Labute approximate surface area is 151 Å². The number of benzene rings is 2. The first kappa shape index (κ1) is 18.7. The zero-order chi connectivity index (χ0) is 18.1. The van der Waals surface area contributed by atoms with Gasteiger partial charge in [-0.2, -0.15) is 0 Å². The molecule has 2 rings (SSSR count). The molecule has 0 fully saturated rings.